The van der Waals surface area contributed by atoms with Crippen LogP contribution in [0.1, 0.15) is 15.9 Å². The number of rotatable bonds is 3. The monoisotopic (exact) mass is 296 g/mol. The number of halogens is 3. The van der Waals surface area contributed by atoms with E-state index in [-0.39, 0.29) is 5.56 Å². The number of hydrogen-bond acceptors (Lipinski definition) is 2. The molecule has 0 spiro atoms. The number of hydrogen-bond donors (Lipinski definition) is 1. The fraction of sp³-hybridized carbons (Fsp3) is 0.133. The molecule has 0 aliphatic heterocycles. The van der Waals surface area contributed by atoms with Crippen LogP contribution in [0.15, 0.2) is 42.5 Å². The summed E-state index contributed by atoms with van der Waals surface area (Å²) in [6.07, 6.45) is -4.74. The number of alkyl halides is 3. The number of aromatic carboxylic acids is 1. The highest BCUT2D eigenvalue weighted by Gasteiger charge is 2.35. The number of carbonyl (C=O) groups is 1. The average Bonchev–Trinajstić information content (AvgIpc) is 2.45. The molecular formula is C15H11F3O3. The van der Waals surface area contributed by atoms with Crippen LogP contribution >= 0.6 is 0 Å². The van der Waals surface area contributed by atoms with Crippen LogP contribution in [0, 0.1) is 0 Å². The molecule has 21 heavy (non-hydrogen) atoms. The van der Waals surface area contributed by atoms with Crippen LogP contribution in [0.3, 0.4) is 0 Å². The molecule has 0 amide bonds. The molecule has 3 nitrogen and oxygen atoms in total. The summed E-state index contributed by atoms with van der Waals surface area (Å²) in [6, 6.07) is 9.68. The first-order chi connectivity index (χ1) is 9.84. The number of carboxylic acids is 1. The molecule has 2 rings (SSSR count). The third-order valence-electron chi connectivity index (χ3n) is 2.97. The van der Waals surface area contributed by atoms with Gasteiger partial charge in [0.05, 0.1) is 18.2 Å². The van der Waals surface area contributed by atoms with E-state index in [4.69, 9.17) is 9.84 Å². The summed E-state index contributed by atoms with van der Waals surface area (Å²) in [4.78, 5) is 10.9. The Morgan fingerprint density at radius 2 is 1.81 bits per heavy atom. The van der Waals surface area contributed by atoms with Crippen molar-refractivity contribution in [3.8, 4) is 16.9 Å². The Morgan fingerprint density at radius 1 is 1.14 bits per heavy atom. The summed E-state index contributed by atoms with van der Waals surface area (Å²) in [5.74, 6) is -1.21. The highest BCUT2D eigenvalue weighted by Crippen LogP contribution is 2.37. The molecule has 0 radical (unpaired) electrons. The normalized spacial score (nSPS) is 11.2. The molecule has 6 heteroatoms. The van der Waals surface area contributed by atoms with Gasteiger partial charge in [-0.25, -0.2) is 4.79 Å². The number of para-hydroxylation sites is 1. The van der Waals surface area contributed by atoms with Gasteiger partial charge in [-0.05, 0) is 23.8 Å². The molecule has 0 aromatic heterocycles. The Labute approximate surface area is 118 Å². The lowest BCUT2D eigenvalue weighted by Crippen LogP contribution is -2.13. The van der Waals surface area contributed by atoms with Crippen molar-refractivity contribution in [3.63, 3.8) is 0 Å². The molecule has 2 aromatic rings. The van der Waals surface area contributed by atoms with Crippen molar-refractivity contribution in [2.75, 3.05) is 7.11 Å². The summed E-state index contributed by atoms with van der Waals surface area (Å²) in [6.45, 7) is 0. The van der Waals surface area contributed by atoms with Crippen molar-refractivity contribution in [3.05, 3.63) is 53.6 Å². The first-order valence-corrected chi connectivity index (χ1v) is 5.92. The summed E-state index contributed by atoms with van der Waals surface area (Å²) in [7, 11) is 1.41. The van der Waals surface area contributed by atoms with Crippen molar-refractivity contribution in [2.45, 2.75) is 6.18 Å². The van der Waals surface area contributed by atoms with Gasteiger partial charge in [0.25, 0.3) is 0 Å². The minimum Gasteiger partial charge on any atom is -0.496 e. The summed E-state index contributed by atoms with van der Waals surface area (Å²) in [5, 5.41) is 8.87. The Bertz CT molecular complexity index is 678. The van der Waals surface area contributed by atoms with E-state index in [1.54, 1.807) is 24.3 Å². The standard InChI is InChI=1S/C15H11F3O3/c1-21-13-5-3-2-4-10(13)9-6-7-11(14(19)20)12(8-9)15(16,17)18/h2-8H,1H3,(H,19,20). The van der Waals surface area contributed by atoms with E-state index >= 15 is 0 Å². The minimum atomic E-state index is -4.74. The zero-order chi connectivity index (χ0) is 15.6. The maximum absolute atomic E-state index is 13.0. The quantitative estimate of drug-likeness (QED) is 0.928. The predicted molar refractivity (Wildman–Crippen MR) is 70.4 cm³/mol. The van der Waals surface area contributed by atoms with Crippen LogP contribution in [0.5, 0.6) is 5.75 Å². The lowest BCUT2D eigenvalue weighted by Gasteiger charge is -2.14. The largest absolute Gasteiger partial charge is 0.496 e. The van der Waals surface area contributed by atoms with Crippen molar-refractivity contribution in [1.82, 2.24) is 0 Å². The van der Waals surface area contributed by atoms with Gasteiger partial charge in [-0.3, -0.25) is 0 Å². The van der Waals surface area contributed by atoms with E-state index in [2.05, 4.69) is 0 Å². The molecule has 0 saturated heterocycles. The topological polar surface area (TPSA) is 46.5 Å². The zero-order valence-electron chi connectivity index (χ0n) is 10.9. The predicted octanol–water partition coefficient (Wildman–Crippen LogP) is 4.08. The second-order valence-corrected chi connectivity index (χ2v) is 4.26. The van der Waals surface area contributed by atoms with E-state index < -0.39 is 23.3 Å². The maximum Gasteiger partial charge on any atom is 0.417 e. The van der Waals surface area contributed by atoms with Gasteiger partial charge in [0.2, 0.25) is 0 Å². The molecular weight excluding hydrogens is 285 g/mol. The molecule has 0 aliphatic rings. The second kappa shape index (κ2) is 5.47. The van der Waals surface area contributed by atoms with Crippen LogP contribution in [0.4, 0.5) is 13.2 Å². The number of methoxy groups -OCH3 is 1. The van der Waals surface area contributed by atoms with Gasteiger partial charge in [-0.15, -0.1) is 0 Å². The van der Waals surface area contributed by atoms with Crippen molar-refractivity contribution in [1.29, 1.82) is 0 Å². The van der Waals surface area contributed by atoms with Crippen molar-refractivity contribution in [2.24, 2.45) is 0 Å². The van der Waals surface area contributed by atoms with Gasteiger partial charge >= 0.3 is 12.1 Å². The Morgan fingerprint density at radius 3 is 2.38 bits per heavy atom. The average molecular weight is 296 g/mol. The van der Waals surface area contributed by atoms with E-state index in [9.17, 15) is 18.0 Å². The van der Waals surface area contributed by atoms with Gasteiger partial charge in [0.15, 0.2) is 0 Å². The Hall–Kier alpha value is -2.50. The van der Waals surface area contributed by atoms with Crippen LogP contribution in [-0.2, 0) is 6.18 Å². The molecule has 2 aromatic carbocycles. The van der Waals surface area contributed by atoms with Crippen LogP contribution in [0.25, 0.3) is 11.1 Å². The van der Waals surface area contributed by atoms with Crippen LogP contribution < -0.4 is 4.74 Å². The molecule has 110 valence electrons. The molecule has 0 unspecified atom stereocenters. The molecule has 0 aliphatic carbocycles. The first kappa shape index (κ1) is 14.9. The fourth-order valence-electron chi connectivity index (χ4n) is 2.02. The molecule has 0 atom stereocenters. The van der Waals surface area contributed by atoms with Crippen LogP contribution in [-0.4, -0.2) is 18.2 Å². The van der Waals surface area contributed by atoms with E-state index in [1.807, 2.05) is 0 Å². The number of benzene rings is 2. The zero-order valence-corrected chi connectivity index (χ0v) is 10.9. The summed E-state index contributed by atoms with van der Waals surface area (Å²) in [5.41, 5.74) is -1.26. The van der Waals surface area contributed by atoms with Gasteiger partial charge in [-0.1, -0.05) is 24.3 Å². The molecule has 0 saturated carbocycles. The van der Waals surface area contributed by atoms with Crippen molar-refractivity contribution >= 4 is 5.97 Å². The third-order valence-corrected chi connectivity index (χ3v) is 2.97. The van der Waals surface area contributed by atoms with E-state index in [1.165, 1.54) is 13.2 Å². The summed E-state index contributed by atoms with van der Waals surface area (Å²) < 4.78 is 44.1. The molecule has 1 N–H and O–H groups in total. The Kier molecular flexibility index (Phi) is 3.88. The van der Waals surface area contributed by atoms with Gasteiger partial charge in [0.1, 0.15) is 5.75 Å². The van der Waals surface area contributed by atoms with Gasteiger partial charge in [0, 0.05) is 5.56 Å². The summed E-state index contributed by atoms with van der Waals surface area (Å²) >= 11 is 0. The smallest absolute Gasteiger partial charge is 0.417 e. The first-order valence-electron chi connectivity index (χ1n) is 5.92. The van der Waals surface area contributed by atoms with Crippen molar-refractivity contribution < 1.29 is 27.8 Å². The van der Waals surface area contributed by atoms with E-state index in [0.717, 1.165) is 12.1 Å². The fourth-order valence-corrected chi connectivity index (χ4v) is 2.02. The van der Waals surface area contributed by atoms with Gasteiger partial charge in [-0.2, -0.15) is 13.2 Å². The van der Waals surface area contributed by atoms with Crippen LogP contribution in [0.2, 0.25) is 0 Å². The lowest BCUT2D eigenvalue weighted by molar-refractivity contribution is -0.138. The highest BCUT2D eigenvalue weighted by atomic mass is 19.4. The third kappa shape index (κ3) is 2.99. The number of carboxylic acid groups (broad SMARTS) is 1. The lowest BCUT2D eigenvalue weighted by atomic mass is 9.98. The Balaban J connectivity index is 2.65. The SMILES string of the molecule is COc1ccccc1-c1ccc(C(=O)O)c(C(F)(F)F)c1. The number of ether oxygens (including phenoxy) is 1. The molecule has 0 bridgehead atoms. The maximum atomic E-state index is 13.0. The highest BCUT2D eigenvalue weighted by molar-refractivity contribution is 5.91. The molecule has 0 heterocycles. The minimum absolute atomic E-state index is 0.241. The second-order valence-electron chi connectivity index (χ2n) is 4.26. The molecule has 0 fully saturated rings. The van der Waals surface area contributed by atoms with Gasteiger partial charge < -0.3 is 9.84 Å². The van der Waals surface area contributed by atoms with E-state index in [0.29, 0.717) is 11.3 Å².